The maximum absolute atomic E-state index is 11.9. The van der Waals surface area contributed by atoms with E-state index in [9.17, 15) is 13.2 Å². The lowest BCUT2D eigenvalue weighted by Crippen LogP contribution is -2.40. The van der Waals surface area contributed by atoms with Crippen molar-refractivity contribution in [2.24, 2.45) is 0 Å². The molecule has 1 N–H and O–H groups in total. The van der Waals surface area contributed by atoms with Crippen LogP contribution in [0.15, 0.2) is 18.2 Å². The highest BCUT2D eigenvalue weighted by atomic mass is 32.2. The van der Waals surface area contributed by atoms with Gasteiger partial charge in [0, 0.05) is 6.54 Å². The molecule has 6 nitrogen and oxygen atoms in total. The molecule has 0 fully saturated rings. The summed E-state index contributed by atoms with van der Waals surface area (Å²) in [5, 5.41) is 2.58. The number of ether oxygens (including phenoxy) is 1. The van der Waals surface area contributed by atoms with Gasteiger partial charge in [-0.3, -0.25) is 9.10 Å². The number of aryl methyl sites for hydroxylation is 1. The first-order valence-corrected chi connectivity index (χ1v) is 8.03. The Morgan fingerprint density at radius 1 is 1.40 bits per heavy atom. The molecule has 7 heteroatoms. The molecule has 0 spiro atoms. The van der Waals surface area contributed by atoms with Crippen molar-refractivity contribution in [2.75, 3.05) is 30.8 Å². The van der Waals surface area contributed by atoms with Crippen LogP contribution in [0.5, 0.6) is 5.75 Å². The van der Waals surface area contributed by atoms with Crippen LogP contribution >= 0.6 is 0 Å². The van der Waals surface area contributed by atoms with Gasteiger partial charge in [0.15, 0.2) is 0 Å². The summed E-state index contributed by atoms with van der Waals surface area (Å²) in [6.07, 6.45) is 1.06. The van der Waals surface area contributed by atoms with Gasteiger partial charge in [-0.15, -0.1) is 0 Å². The molecule has 0 aliphatic carbocycles. The molecule has 0 aromatic heterocycles. The van der Waals surface area contributed by atoms with Gasteiger partial charge in [-0.25, -0.2) is 8.42 Å². The number of anilines is 1. The van der Waals surface area contributed by atoms with Crippen molar-refractivity contribution in [1.29, 1.82) is 0 Å². The van der Waals surface area contributed by atoms with Crippen molar-refractivity contribution in [3.8, 4) is 5.75 Å². The van der Waals surface area contributed by atoms with Crippen LogP contribution in [0.25, 0.3) is 0 Å². The third-order valence-corrected chi connectivity index (χ3v) is 3.79. The van der Waals surface area contributed by atoms with Crippen LogP contribution in [0.4, 0.5) is 5.69 Å². The van der Waals surface area contributed by atoms with E-state index in [1.54, 1.807) is 19.1 Å². The number of benzene rings is 1. The molecule has 1 aromatic carbocycles. The number of methoxy groups -OCH3 is 1. The Bertz CT molecular complexity index is 584. The zero-order valence-electron chi connectivity index (χ0n) is 12.1. The highest BCUT2D eigenvalue weighted by molar-refractivity contribution is 7.92. The largest absolute Gasteiger partial charge is 0.495 e. The average Bonchev–Trinajstić information content (AvgIpc) is 2.35. The van der Waals surface area contributed by atoms with Crippen molar-refractivity contribution in [3.05, 3.63) is 23.8 Å². The van der Waals surface area contributed by atoms with Crippen LogP contribution in [-0.2, 0) is 14.8 Å². The number of hydrogen-bond donors (Lipinski definition) is 1. The first-order valence-electron chi connectivity index (χ1n) is 6.18. The topological polar surface area (TPSA) is 75.7 Å². The Kier molecular flexibility index (Phi) is 5.38. The summed E-state index contributed by atoms with van der Waals surface area (Å²) in [7, 11) is -2.13. The molecule has 0 radical (unpaired) electrons. The first-order chi connectivity index (χ1) is 9.29. The molecule has 0 aliphatic rings. The second-order valence-electron chi connectivity index (χ2n) is 4.40. The van der Waals surface area contributed by atoms with E-state index < -0.39 is 10.0 Å². The molecule has 0 bridgehead atoms. The van der Waals surface area contributed by atoms with Gasteiger partial charge in [0.05, 0.1) is 19.1 Å². The smallest absolute Gasteiger partial charge is 0.240 e. The van der Waals surface area contributed by atoms with Crippen LogP contribution < -0.4 is 14.4 Å². The van der Waals surface area contributed by atoms with Crippen molar-refractivity contribution in [3.63, 3.8) is 0 Å². The second kappa shape index (κ2) is 6.60. The molecule has 112 valence electrons. The number of carbonyl (C=O) groups excluding carboxylic acids is 1. The van der Waals surface area contributed by atoms with Crippen LogP contribution in [0.3, 0.4) is 0 Å². The summed E-state index contributed by atoms with van der Waals surface area (Å²) in [6.45, 7) is 3.79. The average molecular weight is 300 g/mol. The molecule has 0 unspecified atom stereocenters. The number of carbonyl (C=O) groups is 1. The van der Waals surface area contributed by atoms with Gasteiger partial charge >= 0.3 is 0 Å². The summed E-state index contributed by atoms with van der Waals surface area (Å²) in [6, 6.07) is 5.18. The Morgan fingerprint density at radius 2 is 2.05 bits per heavy atom. The van der Waals surface area contributed by atoms with E-state index in [4.69, 9.17) is 4.74 Å². The van der Waals surface area contributed by atoms with Gasteiger partial charge < -0.3 is 10.1 Å². The highest BCUT2D eigenvalue weighted by Crippen LogP contribution is 2.30. The van der Waals surface area contributed by atoms with E-state index in [1.165, 1.54) is 7.11 Å². The van der Waals surface area contributed by atoms with Crippen LogP contribution in [-0.4, -0.2) is 40.8 Å². The summed E-state index contributed by atoms with van der Waals surface area (Å²) in [4.78, 5) is 11.7. The van der Waals surface area contributed by atoms with E-state index in [2.05, 4.69) is 5.32 Å². The van der Waals surface area contributed by atoms with E-state index in [-0.39, 0.29) is 12.5 Å². The zero-order valence-corrected chi connectivity index (χ0v) is 13.0. The minimum Gasteiger partial charge on any atom is -0.495 e. The van der Waals surface area contributed by atoms with Crippen molar-refractivity contribution in [2.45, 2.75) is 13.8 Å². The standard InChI is InChI=1S/C13H20N2O4S/c1-5-14-13(16)9-15(20(4,17)18)11-8-10(2)6-7-12(11)19-3/h6-8H,5,9H2,1-4H3,(H,14,16). The van der Waals surface area contributed by atoms with Gasteiger partial charge in [-0.2, -0.15) is 0 Å². The number of likely N-dealkylation sites (N-methyl/N-ethyl adjacent to an activating group) is 1. The first kappa shape index (κ1) is 16.3. The lowest BCUT2D eigenvalue weighted by Gasteiger charge is -2.24. The lowest BCUT2D eigenvalue weighted by molar-refractivity contribution is -0.119. The van der Waals surface area contributed by atoms with E-state index >= 15 is 0 Å². The fourth-order valence-corrected chi connectivity index (χ4v) is 2.61. The molecule has 20 heavy (non-hydrogen) atoms. The third kappa shape index (κ3) is 4.12. The molecule has 1 amide bonds. The minimum atomic E-state index is -3.59. The van der Waals surface area contributed by atoms with Crippen LogP contribution in [0.1, 0.15) is 12.5 Å². The predicted molar refractivity (Wildman–Crippen MR) is 78.6 cm³/mol. The molecular formula is C13H20N2O4S. The number of nitrogens with one attached hydrogen (secondary N) is 1. The fourth-order valence-electron chi connectivity index (χ4n) is 1.76. The monoisotopic (exact) mass is 300 g/mol. The van der Waals surface area contributed by atoms with Crippen molar-refractivity contribution >= 4 is 21.6 Å². The quantitative estimate of drug-likeness (QED) is 0.847. The SMILES string of the molecule is CCNC(=O)CN(c1cc(C)ccc1OC)S(C)(=O)=O. The van der Waals surface area contributed by atoms with Crippen LogP contribution in [0.2, 0.25) is 0 Å². The Balaban J connectivity index is 3.25. The molecule has 0 saturated carbocycles. The second-order valence-corrected chi connectivity index (χ2v) is 6.31. The molecule has 0 atom stereocenters. The summed E-state index contributed by atoms with van der Waals surface area (Å²) in [5.74, 6) is 0.0480. The number of amides is 1. The molecule has 1 rings (SSSR count). The van der Waals surface area contributed by atoms with Gasteiger partial charge in [-0.1, -0.05) is 6.07 Å². The summed E-state index contributed by atoms with van der Waals surface area (Å²) >= 11 is 0. The molecule has 0 heterocycles. The van der Waals surface area contributed by atoms with Gasteiger partial charge in [0.1, 0.15) is 12.3 Å². The zero-order chi connectivity index (χ0) is 15.3. The van der Waals surface area contributed by atoms with E-state index in [1.807, 2.05) is 13.0 Å². The minimum absolute atomic E-state index is 0.271. The number of hydrogen-bond acceptors (Lipinski definition) is 4. The maximum Gasteiger partial charge on any atom is 0.240 e. The Hall–Kier alpha value is -1.76. The Morgan fingerprint density at radius 3 is 2.55 bits per heavy atom. The molecular weight excluding hydrogens is 280 g/mol. The van der Waals surface area contributed by atoms with Gasteiger partial charge in [-0.05, 0) is 31.5 Å². The number of sulfonamides is 1. The lowest BCUT2D eigenvalue weighted by atomic mass is 10.2. The summed E-state index contributed by atoms with van der Waals surface area (Å²) in [5.41, 5.74) is 1.24. The van der Waals surface area contributed by atoms with Crippen LogP contribution in [0, 0.1) is 6.92 Å². The summed E-state index contributed by atoms with van der Waals surface area (Å²) < 4.78 is 30.1. The highest BCUT2D eigenvalue weighted by Gasteiger charge is 2.23. The fraction of sp³-hybridized carbons (Fsp3) is 0.462. The van der Waals surface area contributed by atoms with E-state index in [0.717, 1.165) is 16.1 Å². The van der Waals surface area contributed by atoms with Crippen molar-refractivity contribution in [1.82, 2.24) is 5.32 Å². The third-order valence-electron chi connectivity index (χ3n) is 2.66. The predicted octanol–water partition coefficient (Wildman–Crippen LogP) is 0.906. The van der Waals surface area contributed by atoms with Gasteiger partial charge in [0.25, 0.3) is 0 Å². The Labute approximate surface area is 119 Å². The number of rotatable bonds is 6. The van der Waals surface area contributed by atoms with E-state index in [0.29, 0.717) is 18.0 Å². The maximum atomic E-state index is 11.9. The van der Waals surface area contributed by atoms with Crippen molar-refractivity contribution < 1.29 is 17.9 Å². The normalized spacial score (nSPS) is 11.0. The molecule has 0 aliphatic heterocycles. The van der Waals surface area contributed by atoms with Gasteiger partial charge in [0.2, 0.25) is 15.9 Å². The molecule has 0 saturated heterocycles. The number of nitrogens with zero attached hydrogens (tertiary/aromatic N) is 1. The molecule has 1 aromatic rings.